The van der Waals surface area contributed by atoms with Crippen LogP contribution in [0.2, 0.25) is 5.28 Å². The number of aromatic nitrogens is 2. The fourth-order valence-corrected chi connectivity index (χ4v) is 2.86. The molecule has 0 fully saturated rings. The van der Waals surface area contributed by atoms with Crippen LogP contribution in [0.25, 0.3) is 10.8 Å². The maximum atomic E-state index is 12.6. The Balaban J connectivity index is 2.12. The van der Waals surface area contributed by atoms with Crippen LogP contribution in [-0.2, 0) is 4.74 Å². The summed E-state index contributed by atoms with van der Waals surface area (Å²) in [6, 6.07) is 10.5. The smallest absolute Gasteiger partial charge is 0.339 e. The van der Waals surface area contributed by atoms with Crippen LogP contribution in [-0.4, -0.2) is 21.5 Å². The van der Waals surface area contributed by atoms with Crippen LogP contribution in [0.5, 0.6) is 11.6 Å². The molecule has 0 amide bonds. The first kappa shape index (κ1) is 18.9. The SMILES string of the molecule is Cc1cc(Oc2c(N)cc(C(=O)OC(C)(C)C)c3ccccc23)nc(Cl)n1. The lowest BCUT2D eigenvalue weighted by Crippen LogP contribution is -2.24. The normalized spacial score (nSPS) is 11.4. The van der Waals surface area contributed by atoms with Crippen molar-refractivity contribution in [3.05, 3.63) is 52.9 Å². The Bertz CT molecular complexity index is 1010. The highest BCUT2D eigenvalue weighted by atomic mass is 35.5. The number of benzene rings is 2. The van der Waals surface area contributed by atoms with Gasteiger partial charge >= 0.3 is 5.97 Å². The molecule has 3 rings (SSSR count). The summed E-state index contributed by atoms with van der Waals surface area (Å²) in [6.45, 7) is 7.23. The van der Waals surface area contributed by atoms with Crippen LogP contribution in [0.3, 0.4) is 0 Å². The summed E-state index contributed by atoms with van der Waals surface area (Å²) in [5.41, 5.74) is 6.93. The summed E-state index contributed by atoms with van der Waals surface area (Å²) in [4.78, 5) is 20.7. The number of hydrogen-bond donors (Lipinski definition) is 1. The van der Waals surface area contributed by atoms with Crippen LogP contribution in [0.4, 0.5) is 5.69 Å². The second kappa shape index (κ2) is 7.04. The molecule has 0 saturated carbocycles. The molecule has 2 aromatic carbocycles. The standard InChI is InChI=1S/C20H20ClN3O3/c1-11-9-16(24-19(21)23-11)26-17-13-8-6-5-7-12(13)14(10-15(17)22)18(25)27-20(2,3)4/h5-10H,22H2,1-4H3. The van der Waals surface area contributed by atoms with E-state index < -0.39 is 11.6 Å². The quantitative estimate of drug-likeness (QED) is 0.391. The molecule has 3 aromatic rings. The van der Waals surface area contributed by atoms with Crippen molar-refractivity contribution in [2.75, 3.05) is 5.73 Å². The first-order valence-electron chi connectivity index (χ1n) is 8.37. The average molecular weight is 386 g/mol. The van der Waals surface area contributed by atoms with Gasteiger partial charge in [0.2, 0.25) is 11.2 Å². The molecule has 7 heteroatoms. The molecule has 0 saturated heterocycles. The third-order valence-corrected chi connectivity index (χ3v) is 3.82. The minimum Gasteiger partial charge on any atom is -0.456 e. The van der Waals surface area contributed by atoms with Gasteiger partial charge in [0.05, 0.1) is 11.3 Å². The molecule has 0 atom stereocenters. The van der Waals surface area contributed by atoms with Crippen molar-refractivity contribution >= 4 is 34.0 Å². The van der Waals surface area contributed by atoms with E-state index in [1.54, 1.807) is 19.1 Å². The van der Waals surface area contributed by atoms with Gasteiger partial charge in [0.1, 0.15) is 5.60 Å². The maximum absolute atomic E-state index is 12.6. The highest BCUT2D eigenvalue weighted by molar-refractivity contribution is 6.28. The molecule has 0 aliphatic carbocycles. The first-order valence-corrected chi connectivity index (χ1v) is 8.75. The number of hydrogen-bond acceptors (Lipinski definition) is 6. The van der Waals surface area contributed by atoms with Crippen LogP contribution in [0, 0.1) is 6.92 Å². The summed E-state index contributed by atoms with van der Waals surface area (Å²) >= 11 is 5.91. The number of rotatable bonds is 3. The number of nitrogens with two attached hydrogens (primary N) is 1. The number of nitrogen functional groups attached to an aromatic ring is 1. The Morgan fingerprint density at radius 1 is 1.11 bits per heavy atom. The predicted octanol–water partition coefficient (Wildman–Crippen LogP) is 4.92. The summed E-state index contributed by atoms with van der Waals surface area (Å²) < 4.78 is 11.4. The molecule has 0 bridgehead atoms. The number of carbonyl (C=O) groups excluding carboxylic acids is 1. The van der Waals surface area contributed by atoms with Crippen LogP contribution in [0.1, 0.15) is 36.8 Å². The van der Waals surface area contributed by atoms with E-state index in [4.69, 9.17) is 26.8 Å². The number of nitrogens with zero attached hydrogens (tertiary/aromatic N) is 2. The lowest BCUT2D eigenvalue weighted by Gasteiger charge is -2.21. The molecule has 27 heavy (non-hydrogen) atoms. The molecular weight excluding hydrogens is 366 g/mol. The number of esters is 1. The van der Waals surface area contributed by atoms with Gasteiger partial charge in [-0.15, -0.1) is 0 Å². The van der Waals surface area contributed by atoms with Gasteiger partial charge in [-0.1, -0.05) is 24.3 Å². The molecular formula is C20H20ClN3O3. The first-order chi connectivity index (χ1) is 12.6. The lowest BCUT2D eigenvalue weighted by molar-refractivity contribution is 0.00719. The third kappa shape index (κ3) is 4.28. The molecule has 0 aliphatic heterocycles. The molecule has 0 unspecified atom stereocenters. The van der Waals surface area contributed by atoms with E-state index in [0.29, 0.717) is 33.5 Å². The summed E-state index contributed by atoms with van der Waals surface area (Å²) in [6.07, 6.45) is 0. The number of anilines is 1. The van der Waals surface area contributed by atoms with Crippen molar-refractivity contribution in [2.24, 2.45) is 0 Å². The van der Waals surface area contributed by atoms with E-state index in [2.05, 4.69) is 9.97 Å². The maximum Gasteiger partial charge on any atom is 0.339 e. The van der Waals surface area contributed by atoms with E-state index in [-0.39, 0.29) is 11.2 Å². The largest absolute Gasteiger partial charge is 0.456 e. The molecule has 140 valence electrons. The van der Waals surface area contributed by atoms with Gasteiger partial charge in [0, 0.05) is 22.5 Å². The minimum atomic E-state index is -0.614. The fourth-order valence-electron chi connectivity index (χ4n) is 2.65. The van der Waals surface area contributed by atoms with Crippen molar-refractivity contribution in [1.82, 2.24) is 9.97 Å². The van der Waals surface area contributed by atoms with E-state index in [0.717, 1.165) is 0 Å². The van der Waals surface area contributed by atoms with Crippen LogP contribution < -0.4 is 10.5 Å². The van der Waals surface area contributed by atoms with Crippen molar-refractivity contribution in [2.45, 2.75) is 33.3 Å². The molecule has 0 radical (unpaired) electrons. The Morgan fingerprint density at radius 3 is 2.41 bits per heavy atom. The molecule has 1 heterocycles. The highest BCUT2D eigenvalue weighted by Gasteiger charge is 2.22. The van der Waals surface area contributed by atoms with Crippen molar-refractivity contribution in [1.29, 1.82) is 0 Å². The number of ether oxygens (including phenoxy) is 2. The van der Waals surface area contributed by atoms with E-state index >= 15 is 0 Å². The fraction of sp³-hybridized carbons (Fsp3) is 0.250. The Labute approximate surface area is 162 Å². The summed E-state index contributed by atoms with van der Waals surface area (Å²) in [5, 5.41) is 1.43. The van der Waals surface area contributed by atoms with E-state index in [9.17, 15) is 4.79 Å². The monoisotopic (exact) mass is 385 g/mol. The van der Waals surface area contributed by atoms with Gasteiger partial charge in [-0.2, -0.15) is 4.98 Å². The second-order valence-electron chi connectivity index (χ2n) is 7.11. The van der Waals surface area contributed by atoms with Gasteiger partial charge in [0.15, 0.2) is 5.75 Å². The highest BCUT2D eigenvalue weighted by Crippen LogP contribution is 2.38. The van der Waals surface area contributed by atoms with Crippen LogP contribution in [0.15, 0.2) is 36.4 Å². The molecule has 2 N–H and O–H groups in total. The summed E-state index contributed by atoms with van der Waals surface area (Å²) in [7, 11) is 0. The van der Waals surface area contributed by atoms with Crippen molar-refractivity contribution in [3.63, 3.8) is 0 Å². The second-order valence-corrected chi connectivity index (χ2v) is 7.45. The van der Waals surface area contributed by atoms with E-state index in [1.165, 1.54) is 0 Å². The van der Waals surface area contributed by atoms with Crippen molar-refractivity contribution in [3.8, 4) is 11.6 Å². The van der Waals surface area contributed by atoms with Crippen LogP contribution >= 0.6 is 11.6 Å². The number of carbonyl (C=O) groups is 1. The topological polar surface area (TPSA) is 87.3 Å². The third-order valence-electron chi connectivity index (χ3n) is 3.65. The zero-order valence-electron chi connectivity index (χ0n) is 15.5. The molecule has 1 aromatic heterocycles. The van der Waals surface area contributed by atoms with Gasteiger partial charge in [-0.25, -0.2) is 9.78 Å². The van der Waals surface area contributed by atoms with Gasteiger partial charge in [-0.3, -0.25) is 0 Å². The number of fused-ring (bicyclic) bond motifs is 1. The Morgan fingerprint density at radius 2 is 1.78 bits per heavy atom. The lowest BCUT2D eigenvalue weighted by atomic mass is 10.0. The zero-order chi connectivity index (χ0) is 19.8. The van der Waals surface area contributed by atoms with Gasteiger partial charge in [-0.05, 0) is 45.4 Å². The zero-order valence-corrected chi connectivity index (χ0v) is 16.3. The van der Waals surface area contributed by atoms with Crippen molar-refractivity contribution < 1.29 is 14.3 Å². The number of aryl methyl sites for hydroxylation is 1. The Kier molecular flexibility index (Phi) is 4.93. The predicted molar refractivity (Wildman–Crippen MR) is 105 cm³/mol. The van der Waals surface area contributed by atoms with E-state index in [1.807, 2.05) is 45.0 Å². The molecule has 6 nitrogen and oxygen atoms in total. The Hall–Kier alpha value is -2.86. The van der Waals surface area contributed by atoms with Gasteiger partial charge in [0.25, 0.3) is 0 Å². The molecule has 0 spiro atoms. The average Bonchev–Trinajstić information content (AvgIpc) is 2.54. The number of halogens is 1. The summed E-state index contributed by atoms with van der Waals surface area (Å²) in [5.74, 6) is 0.222. The molecule has 0 aliphatic rings. The minimum absolute atomic E-state index is 0.0817. The van der Waals surface area contributed by atoms with Gasteiger partial charge < -0.3 is 15.2 Å².